The first kappa shape index (κ1) is 18.5. The van der Waals surface area contributed by atoms with Gasteiger partial charge in [0.05, 0.1) is 23.3 Å². The number of sulfone groups is 1. The number of ether oxygens (including phenoxy) is 1. The number of hydrogen-bond donors (Lipinski definition) is 1. The van der Waals surface area contributed by atoms with Gasteiger partial charge in [-0.3, -0.25) is 15.1 Å². The van der Waals surface area contributed by atoms with Crippen LogP contribution >= 0.6 is 0 Å². The van der Waals surface area contributed by atoms with Gasteiger partial charge in [0.15, 0.2) is 9.84 Å². The maximum atomic E-state index is 12.3. The molecule has 1 aromatic carbocycles. The van der Waals surface area contributed by atoms with Crippen LogP contribution in [0.15, 0.2) is 58.1 Å². The van der Waals surface area contributed by atoms with Gasteiger partial charge in [-0.25, -0.2) is 8.42 Å². The van der Waals surface area contributed by atoms with E-state index in [-0.39, 0.29) is 29.0 Å². The lowest BCUT2D eigenvalue weighted by molar-refractivity contribution is -0.115. The van der Waals surface area contributed by atoms with E-state index in [1.54, 1.807) is 36.7 Å². The Morgan fingerprint density at radius 3 is 2.63 bits per heavy atom. The quantitative estimate of drug-likeness (QED) is 0.651. The number of aromatic nitrogens is 3. The van der Waals surface area contributed by atoms with E-state index in [1.807, 2.05) is 0 Å². The first-order valence-electron chi connectivity index (χ1n) is 7.88. The van der Waals surface area contributed by atoms with E-state index in [0.717, 1.165) is 0 Å². The highest BCUT2D eigenvalue weighted by Gasteiger charge is 2.18. The lowest BCUT2D eigenvalue weighted by atomic mass is 10.3. The van der Waals surface area contributed by atoms with Crippen molar-refractivity contribution < 1.29 is 22.4 Å². The number of hydrogen-bond acceptors (Lipinski definition) is 8. The number of nitrogens with zero attached hydrogens (tertiary/aromatic N) is 3. The van der Waals surface area contributed by atoms with Crippen molar-refractivity contribution in [1.29, 1.82) is 0 Å². The number of carbonyl (C=O) groups is 1. The summed E-state index contributed by atoms with van der Waals surface area (Å²) in [6.45, 7) is 0. The van der Waals surface area contributed by atoms with Crippen molar-refractivity contribution >= 4 is 21.8 Å². The topological polar surface area (TPSA) is 124 Å². The molecule has 3 rings (SSSR count). The predicted octanol–water partition coefficient (Wildman–Crippen LogP) is 1.94. The number of rotatable bonds is 7. The molecule has 1 amide bonds. The first-order valence-corrected chi connectivity index (χ1v) is 9.54. The zero-order chi connectivity index (χ0) is 19.3. The minimum absolute atomic E-state index is 0.110. The van der Waals surface area contributed by atoms with Gasteiger partial charge in [-0.05, 0) is 36.4 Å². The Morgan fingerprint density at radius 2 is 1.96 bits per heavy atom. The largest absolute Gasteiger partial charge is 0.497 e. The Kier molecular flexibility index (Phi) is 5.46. The molecular weight excluding hydrogens is 372 g/mol. The average Bonchev–Trinajstić information content (AvgIpc) is 3.16. The minimum atomic E-state index is -3.60. The summed E-state index contributed by atoms with van der Waals surface area (Å²) in [6, 6.07) is 9.29. The van der Waals surface area contributed by atoms with Crippen molar-refractivity contribution in [3.8, 4) is 17.2 Å². The van der Waals surface area contributed by atoms with E-state index in [9.17, 15) is 13.2 Å². The van der Waals surface area contributed by atoms with E-state index in [4.69, 9.17) is 9.15 Å². The van der Waals surface area contributed by atoms with Crippen molar-refractivity contribution in [1.82, 2.24) is 15.2 Å². The van der Waals surface area contributed by atoms with Crippen LogP contribution in [0.4, 0.5) is 6.01 Å². The average molecular weight is 388 g/mol. The molecule has 0 aliphatic heterocycles. The number of methoxy groups -OCH3 is 1. The van der Waals surface area contributed by atoms with Crippen molar-refractivity contribution in [2.24, 2.45) is 0 Å². The summed E-state index contributed by atoms with van der Waals surface area (Å²) < 4.78 is 34.9. The second-order valence-corrected chi connectivity index (χ2v) is 7.56. The first-order chi connectivity index (χ1) is 13.0. The monoisotopic (exact) mass is 388 g/mol. The van der Waals surface area contributed by atoms with Crippen molar-refractivity contribution in [3.05, 3.63) is 48.8 Å². The minimum Gasteiger partial charge on any atom is -0.497 e. The van der Waals surface area contributed by atoms with Crippen LogP contribution in [0, 0.1) is 0 Å². The number of amides is 1. The summed E-state index contributed by atoms with van der Waals surface area (Å²) in [5.41, 5.74) is 0.604. The highest BCUT2D eigenvalue weighted by atomic mass is 32.2. The zero-order valence-corrected chi connectivity index (χ0v) is 15.1. The van der Waals surface area contributed by atoms with Crippen molar-refractivity contribution in [2.45, 2.75) is 11.3 Å². The molecule has 3 aromatic rings. The Labute approximate surface area is 155 Å². The van der Waals surface area contributed by atoms with E-state index >= 15 is 0 Å². The van der Waals surface area contributed by atoms with E-state index in [0.29, 0.717) is 11.3 Å². The van der Waals surface area contributed by atoms with Crippen LogP contribution < -0.4 is 10.1 Å². The third-order valence-corrected chi connectivity index (χ3v) is 5.33. The maximum Gasteiger partial charge on any atom is 0.322 e. The Morgan fingerprint density at radius 1 is 1.19 bits per heavy atom. The summed E-state index contributed by atoms with van der Waals surface area (Å²) >= 11 is 0. The van der Waals surface area contributed by atoms with Gasteiger partial charge < -0.3 is 9.15 Å². The molecule has 0 spiro atoms. The summed E-state index contributed by atoms with van der Waals surface area (Å²) in [5, 5.41) is 9.92. The maximum absolute atomic E-state index is 12.3. The second-order valence-electron chi connectivity index (χ2n) is 5.45. The van der Waals surface area contributed by atoms with Crippen LogP contribution in [0.5, 0.6) is 5.75 Å². The third kappa shape index (κ3) is 4.67. The summed E-state index contributed by atoms with van der Waals surface area (Å²) in [5.74, 6) is -0.153. The van der Waals surface area contributed by atoms with Crippen LogP contribution in [0.2, 0.25) is 0 Å². The second kappa shape index (κ2) is 7.96. The highest BCUT2D eigenvalue weighted by molar-refractivity contribution is 7.91. The molecule has 1 N–H and O–H groups in total. The normalized spacial score (nSPS) is 11.1. The molecule has 27 heavy (non-hydrogen) atoms. The van der Waals surface area contributed by atoms with Gasteiger partial charge in [-0.2, -0.15) is 0 Å². The number of anilines is 1. The smallest absolute Gasteiger partial charge is 0.322 e. The molecule has 0 bridgehead atoms. The number of benzene rings is 1. The molecular formula is C17H16N4O5S. The summed E-state index contributed by atoms with van der Waals surface area (Å²) in [7, 11) is -2.11. The molecule has 0 aliphatic carbocycles. The fourth-order valence-electron chi connectivity index (χ4n) is 2.19. The Balaban J connectivity index is 1.58. The van der Waals surface area contributed by atoms with Crippen LogP contribution in [-0.2, 0) is 14.6 Å². The standard InChI is InChI=1S/C17H16N4O5S/c1-25-13-4-6-14(7-5-13)27(23,24)10-8-15(22)19-17-21-20-16(26-17)12-3-2-9-18-11-12/h2-7,9,11H,8,10H2,1H3,(H,19,21,22). The molecule has 0 radical (unpaired) electrons. The van der Waals surface area contributed by atoms with Gasteiger partial charge in [0.2, 0.25) is 5.91 Å². The van der Waals surface area contributed by atoms with Crippen molar-refractivity contribution in [2.75, 3.05) is 18.2 Å². The molecule has 2 aromatic heterocycles. The number of nitrogens with one attached hydrogen (secondary N) is 1. The molecule has 0 fully saturated rings. The van der Waals surface area contributed by atoms with Crippen LogP contribution in [0.25, 0.3) is 11.5 Å². The lowest BCUT2D eigenvalue weighted by Gasteiger charge is -2.05. The molecule has 140 valence electrons. The fraction of sp³-hybridized carbons (Fsp3) is 0.176. The predicted molar refractivity (Wildman–Crippen MR) is 95.8 cm³/mol. The molecule has 0 saturated heterocycles. The van der Waals surface area contributed by atoms with Crippen LogP contribution in [0.1, 0.15) is 6.42 Å². The number of carbonyl (C=O) groups excluding carboxylic acids is 1. The zero-order valence-electron chi connectivity index (χ0n) is 14.3. The molecule has 0 unspecified atom stereocenters. The van der Waals surface area contributed by atoms with Gasteiger partial charge in [0, 0.05) is 18.8 Å². The van der Waals surface area contributed by atoms with Gasteiger partial charge in [0.25, 0.3) is 5.89 Å². The SMILES string of the molecule is COc1ccc(S(=O)(=O)CCC(=O)Nc2nnc(-c3cccnc3)o2)cc1. The molecule has 10 heteroatoms. The van der Waals surface area contributed by atoms with E-state index in [2.05, 4.69) is 20.5 Å². The molecule has 0 aliphatic rings. The lowest BCUT2D eigenvalue weighted by Crippen LogP contribution is -2.17. The van der Waals surface area contributed by atoms with Crippen LogP contribution in [-0.4, -0.2) is 42.4 Å². The Bertz CT molecular complexity index is 1020. The van der Waals surface area contributed by atoms with Crippen LogP contribution in [0.3, 0.4) is 0 Å². The third-order valence-electron chi connectivity index (χ3n) is 3.60. The van der Waals surface area contributed by atoms with Gasteiger partial charge in [0.1, 0.15) is 5.75 Å². The summed E-state index contributed by atoms with van der Waals surface area (Å²) in [6.07, 6.45) is 2.89. The van der Waals surface area contributed by atoms with E-state index in [1.165, 1.54) is 19.2 Å². The summed E-state index contributed by atoms with van der Waals surface area (Å²) in [4.78, 5) is 16.1. The molecule has 0 atom stereocenters. The fourth-order valence-corrected chi connectivity index (χ4v) is 3.43. The van der Waals surface area contributed by atoms with Crippen molar-refractivity contribution in [3.63, 3.8) is 0 Å². The van der Waals surface area contributed by atoms with E-state index < -0.39 is 15.7 Å². The Hall–Kier alpha value is -3.27. The molecule has 0 saturated carbocycles. The van der Waals surface area contributed by atoms with Gasteiger partial charge in [-0.15, -0.1) is 5.10 Å². The molecule has 2 heterocycles. The number of pyridine rings is 1. The molecule has 9 nitrogen and oxygen atoms in total. The van der Waals surface area contributed by atoms with Gasteiger partial charge >= 0.3 is 6.01 Å². The highest BCUT2D eigenvalue weighted by Crippen LogP contribution is 2.19. The van der Waals surface area contributed by atoms with Gasteiger partial charge in [-0.1, -0.05) is 5.10 Å².